The number of likely N-dealkylation sites (tertiary alicyclic amines) is 1. The van der Waals surface area contributed by atoms with Crippen LogP contribution in [0.15, 0.2) is 30.3 Å². The Hall–Kier alpha value is -2.08. The number of carbonyl (C=O) groups excluding carboxylic acids is 2. The van der Waals surface area contributed by atoms with E-state index in [0.29, 0.717) is 0 Å². The topological polar surface area (TPSA) is 76.1 Å². The van der Waals surface area contributed by atoms with Crippen LogP contribution in [0.25, 0.3) is 0 Å². The number of rotatable bonds is 3. The lowest BCUT2D eigenvalue weighted by Crippen LogP contribution is -2.62. The van der Waals surface area contributed by atoms with Crippen molar-refractivity contribution < 1.29 is 24.2 Å². The molecule has 0 radical (unpaired) electrons. The van der Waals surface area contributed by atoms with E-state index in [0.717, 1.165) is 5.56 Å². The van der Waals surface area contributed by atoms with Gasteiger partial charge in [0.1, 0.15) is 11.2 Å². The number of esters is 1. The standard InChI is InChI=1S/C21H31NO5/c1-19(2,3)26-17(24)21(14-15-10-8-7-9-11-15)16(23)12-13-22(21)18(25)27-20(4,5)6/h7-11,16,23H,12-14H2,1-6H3/t16-,21-/m1/s1. The Morgan fingerprint density at radius 1 is 1.07 bits per heavy atom. The van der Waals surface area contributed by atoms with E-state index in [-0.39, 0.29) is 19.4 Å². The van der Waals surface area contributed by atoms with E-state index in [1.54, 1.807) is 41.5 Å². The smallest absolute Gasteiger partial charge is 0.411 e. The number of aliphatic hydroxyl groups excluding tert-OH is 1. The highest BCUT2D eigenvalue weighted by Gasteiger charge is 2.58. The highest BCUT2D eigenvalue weighted by atomic mass is 16.6. The van der Waals surface area contributed by atoms with E-state index < -0.39 is 34.9 Å². The average molecular weight is 377 g/mol. The van der Waals surface area contributed by atoms with Gasteiger partial charge in [-0.25, -0.2) is 9.59 Å². The average Bonchev–Trinajstić information content (AvgIpc) is 2.83. The third-order valence-corrected chi connectivity index (χ3v) is 4.34. The van der Waals surface area contributed by atoms with Gasteiger partial charge in [0.15, 0.2) is 5.54 Å². The van der Waals surface area contributed by atoms with Crippen LogP contribution in [-0.4, -0.2) is 51.5 Å². The van der Waals surface area contributed by atoms with Gasteiger partial charge in [0.05, 0.1) is 6.10 Å². The van der Waals surface area contributed by atoms with Gasteiger partial charge >= 0.3 is 12.1 Å². The van der Waals surface area contributed by atoms with Gasteiger partial charge in [0, 0.05) is 13.0 Å². The highest BCUT2D eigenvalue weighted by molar-refractivity contribution is 5.88. The van der Waals surface area contributed by atoms with Crippen LogP contribution in [0.2, 0.25) is 0 Å². The molecule has 1 amide bonds. The van der Waals surface area contributed by atoms with Gasteiger partial charge < -0.3 is 14.6 Å². The number of hydrogen-bond donors (Lipinski definition) is 1. The second-order valence-electron chi connectivity index (χ2n) is 9.02. The predicted molar refractivity (Wildman–Crippen MR) is 102 cm³/mol. The van der Waals surface area contributed by atoms with Crippen molar-refractivity contribution in [2.75, 3.05) is 6.54 Å². The molecule has 2 rings (SSSR count). The summed E-state index contributed by atoms with van der Waals surface area (Å²) in [6, 6.07) is 9.32. The molecule has 6 heteroatoms. The molecule has 150 valence electrons. The molecule has 0 bridgehead atoms. The molecule has 1 fully saturated rings. The lowest BCUT2D eigenvalue weighted by molar-refractivity contribution is -0.173. The molecule has 1 N–H and O–H groups in total. The van der Waals surface area contributed by atoms with Crippen molar-refractivity contribution in [3.8, 4) is 0 Å². The van der Waals surface area contributed by atoms with E-state index in [4.69, 9.17) is 9.47 Å². The Labute approximate surface area is 161 Å². The van der Waals surface area contributed by atoms with Crippen molar-refractivity contribution >= 4 is 12.1 Å². The second kappa shape index (κ2) is 7.50. The number of carbonyl (C=O) groups is 2. The van der Waals surface area contributed by atoms with Crippen LogP contribution in [0.3, 0.4) is 0 Å². The molecule has 1 aliphatic heterocycles. The van der Waals surface area contributed by atoms with Gasteiger partial charge in [-0.15, -0.1) is 0 Å². The van der Waals surface area contributed by atoms with Gasteiger partial charge in [0.25, 0.3) is 0 Å². The van der Waals surface area contributed by atoms with Crippen molar-refractivity contribution in [2.45, 2.75) is 77.2 Å². The fourth-order valence-electron chi connectivity index (χ4n) is 3.25. The van der Waals surface area contributed by atoms with E-state index in [9.17, 15) is 14.7 Å². The summed E-state index contributed by atoms with van der Waals surface area (Å²) in [5.41, 5.74) is -2.14. The molecule has 1 heterocycles. The maximum Gasteiger partial charge on any atom is 0.411 e. The molecule has 1 saturated heterocycles. The molecule has 2 atom stereocenters. The van der Waals surface area contributed by atoms with Gasteiger partial charge in [-0.1, -0.05) is 30.3 Å². The molecule has 6 nitrogen and oxygen atoms in total. The van der Waals surface area contributed by atoms with Crippen molar-refractivity contribution in [2.24, 2.45) is 0 Å². The number of benzene rings is 1. The fourth-order valence-corrected chi connectivity index (χ4v) is 3.25. The van der Waals surface area contributed by atoms with Gasteiger partial charge in [0.2, 0.25) is 0 Å². The van der Waals surface area contributed by atoms with E-state index in [2.05, 4.69) is 0 Å². The number of amides is 1. The highest BCUT2D eigenvalue weighted by Crippen LogP contribution is 2.37. The van der Waals surface area contributed by atoms with Crippen LogP contribution in [0.5, 0.6) is 0 Å². The molecular formula is C21H31NO5. The van der Waals surface area contributed by atoms with E-state index in [1.165, 1.54) is 4.90 Å². The molecule has 0 unspecified atom stereocenters. The Balaban J connectivity index is 2.47. The summed E-state index contributed by atoms with van der Waals surface area (Å²) in [4.78, 5) is 27.5. The number of hydrogen-bond acceptors (Lipinski definition) is 5. The molecule has 0 spiro atoms. The predicted octanol–water partition coefficient (Wildman–Crippen LogP) is 3.31. The zero-order valence-electron chi connectivity index (χ0n) is 17.1. The number of nitrogens with zero attached hydrogens (tertiary/aromatic N) is 1. The first-order chi connectivity index (χ1) is 12.3. The Morgan fingerprint density at radius 2 is 1.63 bits per heavy atom. The van der Waals surface area contributed by atoms with Crippen LogP contribution >= 0.6 is 0 Å². The largest absolute Gasteiger partial charge is 0.458 e. The van der Waals surface area contributed by atoms with E-state index >= 15 is 0 Å². The monoisotopic (exact) mass is 377 g/mol. The van der Waals surface area contributed by atoms with Gasteiger partial charge in [-0.2, -0.15) is 0 Å². The number of aliphatic hydroxyl groups is 1. The quantitative estimate of drug-likeness (QED) is 0.818. The van der Waals surface area contributed by atoms with Gasteiger partial charge in [-0.05, 0) is 53.5 Å². The summed E-state index contributed by atoms with van der Waals surface area (Å²) >= 11 is 0. The first kappa shape index (κ1) is 21.2. The molecule has 27 heavy (non-hydrogen) atoms. The van der Waals surface area contributed by atoms with E-state index in [1.807, 2.05) is 30.3 Å². The molecule has 0 aliphatic carbocycles. The summed E-state index contributed by atoms with van der Waals surface area (Å²) in [5.74, 6) is -0.616. The van der Waals surface area contributed by atoms with Gasteiger partial charge in [-0.3, -0.25) is 4.90 Å². The molecular weight excluding hydrogens is 346 g/mol. The maximum atomic E-state index is 13.2. The summed E-state index contributed by atoms with van der Waals surface area (Å²) in [6.45, 7) is 10.8. The second-order valence-corrected chi connectivity index (χ2v) is 9.02. The molecule has 0 aromatic heterocycles. The third-order valence-electron chi connectivity index (χ3n) is 4.34. The third kappa shape index (κ3) is 5.01. The van der Waals surface area contributed by atoms with Crippen LogP contribution < -0.4 is 0 Å². The van der Waals surface area contributed by atoms with Crippen LogP contribution in [0.1, 0.15) is 53.5 Å². The summed E-state index contributed by atoms with van der Waals surface area (Å²) in [7, 11) is 0. The first-order valence-corrected chi connectivity index (χ1v) is 9.31. The minimum absolute atomic E-state index is 0.156. The molecule has 0 saturated carbocycles. The lowest BCUT2D eigenvalue weighted by Gasteiger charge is -2.40. The van der Waals surface area contributed by atoms with Crippen LogP contribution in [-0.2, 0) is 20.7 Å². The summed E-state index contributed by atoms with van der Waals surface area (Å²) < 4.78 is 11.1. The van der Waals surface area contributed by atoms with Crippen molar-refractivity contribution in [3.05, 3.63) is 35.9 Å². The zero-order valence-corrected chi connectivity index (χ0v) is 17.1. The van der Waals surface area contributed by atoms with Crippen LogP contribution in [0, 0.1) is 0 Å². The zero-order chi connectivity index (χ0) is 20.5. The SMILES string of the molecule is CC(C)(C)OC(=O)N1CC[C@@H](O)[C@]1(Cc1ccccc1)C(=O)OC(C)(C)C. The Kier molecular flexibility index (Phi) is 5.90. The van der Waals surface area contributed by atoms with Crippen molar-refractivity contribution in [3.63, 3.8) is 0 Å². The molecule has 1 aliphatic rings. The summed E-state index contributed by atoms with van der Waals surface area (Å²) in [5, 5.41) is 10.8. The summed E-state index contributed by atoms with van der Waals surface area (Å²) in [6.07, 6.45) is -1.23. The minimum atomic E-state index is -1.52. The minimum Gasteiger partial charge on any atom is -0.458 e. The maximum absolute atomic E-state index is 13.2. The number of ether oxygens (including phenoxy) is 2. The molecule has 1 aromatic rings. The van der Waals surface area contributed by atoms with Crippen molar-refractivity contribution in [1.82, 2.24) is 4.90 Å². The van der Waals surface area contributed by atoms with Crippen molar-refractivity contribution in [1.29, 1.82) is 0 Å². The van der Waals surface area contributed by atoms with Crippen LogP contribution in [0.4, 0.5) is 4.79 Å². The normalized spacial score (nSPS) is 23.2. The Morgan fingerprint density at radius 3 is 2.15 bits per heavy atom. The fraction of sp³-hybridized carbons (Fsp3) is 0.619. The lowest BCUT2D eigenvalue weighted by atomic mass is 9.85. The molecule has 1 aromatic carbocycles. The Bertz CT molecular complexity index is 674. The first-order valence-electron chi connectivity index (χ1n) is 9.31.